The first-order valence-electron chi connectivity index (χ1n) is 5.73. The Morgan fingerprint density at radius 3 is 2.76 bits per heavy atom. The van der Waals surface area contributed by atoms with Gasteiger partial charge in [-0.05, 0) is 25.5 Å². The Balaban J connectivity index is 2.52. The van der Waals surface area contributed by atoms with Crippen molar-refractivity contribution in [2.75, 3.05) is 20.2 Å². The Morgan fingerprint density at radius 1 is 1.47 bits per heavy atom. The maximum Gasteiger partial charge on any atom is 0.317 e. The summed E-state index contributed by atoms with van der Waals surface area (Å²) in [5, 5.41) is 2.86. The van der Waals surface area contributed by atoms with Gasteiger partial charge in [0.1, 0.15) is 0 Å². The summed E-state index contributed by atoms with van der Waals surface area (Å²) in [6, 6.07) is 3.61. The van der Waals surface area contributed by atoms with Gasteiger partial charge in [-0.2, -0.15) is 0 Å². The molecule has 0 aliphatic rings. The van der Waals surface area contributed by atoms with Crippen LogP contribution in [0.25, 0.3) is 0 Å². The number of ether oxygens (including phenoxy) is 1. The lowest BCUT2D eigenvalue weighted by Gasteiger charge is -2.19. The molecule has 1 rings (SSSR count). The van der Waals surface area contributed by atoms with Crippen molar-refractivity contribution < 1.29 is 9.53 Å². The maximum atomic E-state index is 11.7. The van der Waals surface area contributed by atoms with E-state index in [0.29, 0.717) is 25.5 Å². The summed E-state index contributed by atoms with van der Waals surface area (Å²) in [5.41, 5.74) is 0.970. The van der Waals surface area contributed by atoms with Crippen molar-refractivity contribution in [2.24, 2.45) is 0 Å². The molecule has 0 radical (unpaired) electrons. The van der Waals surface area contributed by atoms with E-state index in [1.807, 2.05) is 26.0 Å². The molecule has 5 nitrogen and oxygen atoms in total. The number of aromatic nitrogens is 1. The van der Waals surface area contributed by atoms with E-state index in [2.05, 4.69) is 10.3 Å². The number of carbonyl (C=O) groups is 1. The molecular weight excluding hydrogens is 218 g/mol. The lowest BCUT2D eigenvalue weighted by atomic mass is 10.2. The molecule has 1 heterocycles. The first kappa shape index (κ1) is 13.3. The normalized spacial score (nSPS) is 9.82. The van der Waals surface area contributed by atoms with Gasteiger partial charge in [-0.1, -0.05) is 0 Å². The van der Waals surface area contributed by atoms with Crippen molar-refractivity contribution in [3.05, 3.63) is 23.9 Å². The number of amides is 2. The molecule has 0 saturated heterocycles. The molecule has 2 amide bonds. The molecular formula is C12H19N3O2. The summed E-state index contributed by atoms with van der Waals surface area (Å²) in [5.74, 6) is 0.555. The summed E-state index contributed by atoms with van der Waals surface area (Å²) < 4.78 is 5.02. The van der Waals surface area contributed by atoms with E-state index in [9.17, 15) is 4.79 Å². The number of nitrogens with zero attached hydrogens (tertiary/aromatic N) is 2. The zero-order valence-corrected chi connectivity index (χ0v) is 10.6. The highest BCUT2D eigenvalue weighted by molar-refractivity contribution is 5.74. The van der Waals surface area contributed by atoms with Crippen molar-refractivity contribution in [2.45, 2.75) is 20.4 Å². The van der Waals surface area contributed by atoms with Crippen molar-refractivity contribution in [3.8, 4) is 5.88 Å². The summed E-state index contributed by atoms with van der Waals surface area (Å²) in [4.78, 5) is 17.4. The standard InChI is InChI=1S/C12H19N3O2/c1-4-15(5-2)12(16)14-9-10-6-7-13-11(8-10)17-3/h6-8H,4-5,9H2,1-3H3,(H,14,16). The van der Waals surface area contributed by atoms with Gasteiger partial charge < -0.3 is 15.0 Å². The molecule has 1 aromatic rings. The summed E-state index contributed by atoms with van der Waals surface area (Å²) in [6.45, 7) is 5.81. The third-order valence-electron chi connectivity index (χ3n) is 2.50. The quantitative estimate of drug-likeness (QED) is 0.847. The molecule has 1 N–H and O–H groups in total. The van der Waals surface area contributed by atoms with Crippen LogP contribution >= 0.6 is 0 Å². The first-order valence-corrected chi connectivity index (χ1v) is 5.73. The van der Waals surface area contributed by atoms with Gasteiger partial charge in [-0.3, -0.25) is 0 Å². The van der Waals surface area contributed by atoms with Crippen LogP contribution < -0.4 is 10.1 Å². The minimum absolute atomic E-state index is 0.0502. The van der Waals surface area contributed by atoms with E-state index in [0.717, 1.165) is 5.56 Å². The minimum atomic E-state index is -0.0502. The van der Waals surface area contributed by atoms with Gasteiger partial charge in [0, 0.05) is 31.9 Å². The van der Waals surface area contributed by atoms with E-state index in [1.165, 1.54) is 0 Å². The topological polar surface area (TPSA) is 54.5 Å². The van der Waals surface area contributed by atoms with Gasteiger partial charge in [0.25, 0.3) is 0 Å². The van der Waals surface area contributed by atoms with Gasteiger partial charge in [-0.15, -0.1) is 0 Å². The molecule has 0 aliphatic heterocycles. The molecule has 5 heteroatoms. The lowest BCUT2D eigenvalue weighted by molar-refractivity contribution is 0.203. The van der Waals surface area contributed by atoms with Crippen molar-refractivity contribution in [3.63, 3.8) is 0 Å². The second-order valence-electron chi connectivity index (χ2n) is 3.54. The molecule has 17 heavy (non-hydrogen) atoms. The van der Waals surface area contributed by atoms with Gasteiger partial charge in [0.05, 0.1) is 7.11 Å². The summed E-state index contributed by atoms with van der Waals surface area (Å²) in [7, 11) is 1.57. The van der Waals surface area contributed by atoms with Crippen LogP contribution in [0.2, 0.25) is 0 Å². The van der Waals surface area contributed by atoms with Crippen LogP contribution in [0.4, 0.5) is 4.79 Å². The van der Waals surface area contributed by atoms with Crippen LogP contribution in [0.1, 0.15) is 19.4 Å². The fraction of sp³-hybridized carbons (Fsp3) is 0.500. The summed E-state index contributed by atoms with van der Waals surface area (Å²) >= 11 is 0. The van der Waals surface area contributed by atoms with Gasteiger partial charge >= 0.3 is 6.03 Å². The van der Waals surface area contributed by atoms with Crippen LogP contribution in [-0.4, -0.2) is 36.1 Å². The Labute approximate surface area is 102 Å². The predicted molar refractivity (Wildman–Crippen MR) is 65.9 cm³/mol. The average molecular weight is 237 g/mol. The molecule has 0 aromatic carbocycles. The van der Waals surface area contributed by atoms with E-state index >= 15 is 0 Å². The van der Waals surface area contributed by atoms with Crippen LogP contribution in [0.5, 0.6) is 5.88 Å². The first-order chi connectivity index (χ1) is 8.21. The molecule has 0 spiro atoms. The fourth-order valence-corrected chi connectivity index (χ4v) is 1.47. The molecule has 0 atom stereocenters. The van der Waals surface area contributed by atoms with Gasteiger partial charge in [0.2, 0.25) is 5.88 Å². The molecule has 94 valence electrons. The summed E-state index contributed by atoms with van der Waals surface area (Å²) in [6.07, 6.45) is 1.66. The van der Waals surface area contributed by atoms with Crippen LogP contribution in [0.15, 0.2) is 18.3 Å². The van der Waals surface area contributed by atoms with E-state index < -0.39 is 0 Å². The number of rotatable bonds is 5. The van der Waals surface area contributed by atoms with Crippen LogP contribution in [0.3, 0.4) is 0 Å². The SMILES string of the molecule is CCN(CC)C(=O)NCc1ccnc(OC)c1. The zero-order chi connectivity index (χ0) is 12.7. The van der Waals surface area contributed by atoms with Gasteiger partial charge in [0.15, 0.2) is 0 Å². The van der Waals surface area contributed by atoms with E-state index in [-0.39, 0.29) is 6.03 Å². The highest BCUT2D eigenvalue weighted by Crippen LogP contribution is 2.08. The van der Waals surface area contributed by atoms with Crippen molar-refractivity contribution in [1.82, 2.24) is 15.2 Å². The number of pyridine rings is 1. The average Bonchev–Trinajstić information content (AvgIpc) is 2.38. The molecule has 0 bridgehead atoms. The molecule has 0 aliphatic carbocycles. The number of urea groups is 1. The maximum absolute atomic E-state index is 11.7. The smallest absolute Gasteiger partial charge is 0.317 e. The monoisotopic (exact) mass is 237 g/mol. The molecule has 0 unspecified atom stereocenters. The van der Waals surface area contributed by atoms with Crippen molar-refractivity contribution >= 4 is 6.03 Å². The largest absolute Gasteiger partial charge is 0.481 e. The Hall–Kier alpha value is -1.78. The lowest BCUT2D eigenvalue weighted by Crippen LogP contribution is -2.39. The predicted octanol–water partition coefficient (Wildman–Crippen LogP) is 1.64. The Bertz CT molecular complexity index is 365. The zero-order valence-electron chi connectivity index (χ0n) is 10.6. The van der Waals surface area contributed by atoms with Crippen molar-refractivity contribution in [1.29, 1.82) is 0 Å². The van der Waals surface area contributed by atoms with Crippen LogP contribution in [-0.2, 0) is 6.54 Å². The molecule has 0 fully saturated rings. The number of hydrogen-bond acceptors (Lipinski definition) is 3. The highest BCUT2D eigenvalue weighted by atomic mass is 16.5. The fourth-order valence-electron chi connectivity index (χ4n) is 1.47. The van der Waals surface area contributed by atoms with Gasteiger partial charge in [-0.25, -0.2) is 9.78 Å². The minimum Gasteiger partial charge on any atom is -0.481 e. The number of carbonyl (C=O) groups excluding carboxylic acids is 1. The number of methoxy groups -OCH3 is 1. The number of nitrogens with one attached hydrogen (secondary N) is 1. The molecule has 0 saturated carbocycles. The third-order valence-corrected chi connectivity index (χ3v) is 2.50. The van der Waals surface area contributed by atoms with E-state index in [4.69, 9.17) is 4.74 Å². The second-order valence-corrected chi connectivity index (χ2v) is 3.54. The third kappa shape index (κ3) is 3.94. The Kier molecular flexibility index (Phi) is 5.26. The second kappa shape index (κ2) is 6.73. The molecule has 1 aromatic heterocycles. The number of hydrogen-bond donors (Lipinski definition) is 1. The Morgan fingerprint density at radius 2 is 2.18 bits per heavy atom. The van der Waals surface area contributed by atoms with E-state index in [1.54, 1.807) is 18.2 Å². The van der Waals surface area contributed by atoms with Crippen LogP contribution in [0, 0.1) is 0 Å². The highest BCUT2D eigenvalue weighted by Gasteiger charge is 2.08.